The number of carbonyl (C=O) groups excluding carboxylic acids is 1. The summed E-state index contributed by atoms with van der Waals surface area (Å²) in [5.41, 5.74) is 0.146. The summed E-state index contributed by atoms with van der Waals surface area (Å²) >= 11 is 0. The van der Waals surface area contributed by atoms with Crippen molar-refractivity contribution in [2.75, 3.05) is 0 Å². The number of nitrogens with zero attached hydrogens (tertiary/aromatic N) is 1. The molecule has 1 saturated carbocycles. The van der Waals surface area contributed by atoms with Crippen LogP contribution in [-0.4, -0.2) is 11.9 Å². The number of amides is 1. The lowest BCUT2D eigenvalue weighted by Crippen LogP contribution is -2.34. The molecule has 0 radical (unpaired) electrons. The van der Waals surface area contributed by atoms with Crippen molar-refractivity contribution >= 4 is 5.91 Å². The molecule has 3 nitrogen and oxygen atoms in total. The lowest BCUT2D eigenvalue weighted by atomic mass is 10.0. The van der Waals surface area contributed by atoms with E-state index >= 15 is 0 Å². The first-order chi connectivity index (χ1) is 6.75. The average Bonchev–Trinajstić information content (AvgIpc) is 2.42. The summed E-state index contributed by atoms with van der Waals surface area (Å²) in [6.07, 6.45) is 0.374. The third-order valence-electron chi connectivity index (χ3n) is 4.07. The predicted octanol–water partition coefficient (Wildman–Crippen LogP) is 2.09. The van der Waals surface area contributed by atoms with Gasteiger partial charge in [-0.3, -0.25) is 4.79 Å². The van der Waals surface area contributed by atoms with Gasteiger partial charge in [0, 0.05) is 12.0 Å². The lowest BCUT2D eigenvalue weighted by Gasteiger charge is -2.11. The topological polar surface area (TPSA) is 52.9 Å². The Morgan fingerprint density at radius 1 is 1.40 bits per heavy atom. The molecule has 0 aromatic carbocycles. The van der Waals surface area contributed by atoms with E-state index in [0.29, 0.717) is 6.42 Å². The molecule has 0 aromatic heterocycles. The Bertz CT molecular complexity index is 298. The van der Waals surface area contributed by atoms with Crippen molar-refractivity contribution in [3.63, 3.8) is 0 Å². The van der Waals surface area contributed by atoms with Crippen LogP contribution in [0.2, 0.25) is 0 Å². The van der Waals surface area contributed by atoms with Crippen molar-refractivity contribution in [3.8, 4) is 6.07 Å². The molecule has 15 heavy (non-hydrogen) atoms. The maximum absolute atomic E-state index is 11.9. The Hall–Kier alpha value is -1.04. The molecule has 1 unspecified atom stereocenters. The van der Waals surface area contributed by atoms with E-state index in [1.807, 2.05) is 6.92 Å². The zero-order valence-corrected chi connectivity index (χ0v) is 10.2. The zero-order chi connectivity index (χ0) is 11.9. The maximum atomic E-state index is 11.9. The Balaban J connectivity index is 2.56. The molecular weight excluding hydrogens is 188 g/mol. The van der Waals surface area contributed by atoms with Gasteiger partial charge in [0.15, 0.2) is 0 Å². The number of rotatable bonds is 3. The van der Waals surface area contributed by atoms with E-state index in [1.54, 1.807) is 0 Å². The number of carbonyl (C=O) groups is 1. The second kappa shape index (κ2) is 3.52. The van der Waals surface area contributed by atoms with Crippen LogP contribution in [0.1, 0.15) is 41.0 Å². The van der Waals surface area contributed by atoms with E-state index in [2.05, 4.69) is 39.1 Å². The normalized spacial score (nSPS) is 24.0. The Kier molecular flexibility index (Phi) is 2.82. The molecule has 3 heteroatoms. The summed E-state index contributed by atoms with van der Waals surface area (Å²) < 4.78 is 0. The summed E-state index contributed by atoms with van der Waals surface area (Å²) in [6, 6.07) is 2.01. The van der Waals surface area contributed by atoms with Gasteiger partial charge < -0.3 is 5.32 Å². The van der Waals surface area contributed by atoms with Crippen LogP contribution in [-0.2, 0) is 4.79 Å². The van der Waals surface area contributed by atoms with Crippen molar-refractivity contribution in [3.05, 3.63) is 0 Å². The van der Waals surface area contributed by atoms with Crippen LogP contribution in [0.3, 0.4) is 0 Å². The molecule has 1 rings (SSSR count). The highest BCUT2D eigenvalue weighted by molar-refractivity contribution is 5.84. The highest BCUT2D eigenvalue weighted by Crippen LogP contribution is 2.68. The van der Waals surface area contributed by atoms with Gasteiger partial charge in [0.1, 0.15) is 0 Å². The number of hydrogen-bond donors (Lipinski definition) is 1. The Labute approximate surface area is 91.9 Å². The van der Waals surface area contributed by atoms with Crippen molar-refractivity contribution < 1.29 is 4.79 Å². The first-order valence-electron chi connectivity index (χ1n) is 5.42. The molecule has 0 heterocycles. The minimum atomic E-state index is -0.0466. The van der Waals surface area contributed by atoms with Gasteiger partial charge in [0.05, 0.1) is 12.5 Å². The van der Waals surface area contributed by atoms with Crippen molar-refractivity contribution in [1.29, 1.82) is 5.26 Å². The monoisotopic (exact) mass is 208 g/mol. The Morgan fingerprint density at radius 3 is 2.20 bits per heavy atom. The third-order valence-corrected chi connectivity index (χ3v) is 4.07. The molecule has 0 saturated heterocycles. The van der Waals surface area contributed by atoms with Crippen molar-refractivity contribution in [1.82, 2.24) is 5.32 Å². The standard InChI is InChI=1S/C12H20N2O/c1-8(6-7-13)14-10(15)9-11(2,3)12(9,4)5/h8-9H,6H2,1-5H3,(H,14,15). The first kappa shape index (κ1) is 12.0. The van der Waals surface area contributed by atoms with Crippen LogP contribution in [0.15, 0.2) is 0 Å². The molecule has 1 aliphatic carbocycles. The summed E-state index contributed by atoms with van der Waals surface area (Å²) in [7, 11) is 0. The van der Waals surface area contributed by atoms with Crippen LogP contribution in [0, 0.1) is 28.1 Å². The number of nitriles is 1. The minimum Gasteiger partial charge on any atom is -0.352 e. The Morgan fingerprint density at radius 2 is 1.87 bits per heavy atom. The van der Waals surface area contributed by atoms with Gasteiger partial charge in [0.25, 0.3) is 0 Å². The summed E-state index contributed by atoms with van der Waals surface area (Å²) in [4.78, 5) is 11.9. The van der Waals surface area contributed by atoms with E-state index in [1.165, 1.54) is 0 Å². The average molecular weight is 208 g/mol. The van der Waals surface area contributed by atoms with E-state index in [0.717, 1.165) is 0 Å². The smallest absolute Gasteiger partial charge is 0.224 e. The highest BCUT2D eigenvalue weighted by atomic mass is 16.2. The summed E-state index contributed by atoms with van der Waals surface area (Å²) in [5.74, 6) is 0.166. The van der Waals surface area contributed by atoms with Crippen LogP contribution in [0.5, 0.6) is 0 Å². The second-order valence-corrected chi connectivity index (χ2v) is 5.65. The first-order valence-corrected chi connectivity index (χ1v) is 5.42. The fourth-order valence-corrected chi connectivity index (χ4v) is 2.37. The molecule has 0 aliphatic heterocycles. The second-order valence-electron chi connectivity index (χ2n) is 5.65. The largest absolute Gasteiger partial charge is 0.352 e. The van der Waals surface area contributed by atoms with Gasteiger partial charge in [-0.15, -0.1) is 0 Å². The van der Waals surface area contributed by atoms with Crippen LogP contribution in [0.4, 0.5) is 0 Å². The molecule has 1 amide bonds. The molecule has 0 aromatic rings. The van der Waals surface area contributed by atoms with E-state index < -0.39 is 0 Å². The van der Waals surface area contributed by atoms with Crippen LogP contribution >= 0.6 is 0 Å². The van der Waals surface area contributed by atoms with Gasteiger partial charge in [-0.05, 0) is 17.8 Å². The summed E-state index contributed by atoms with van der Waals surface area (Å²) in [5, 5.41) is 11.4. The molecule has 1 aliphatic rings. The fraction of sp³-hybridized carbons (Fsp3) is 0.833. The van der Waals surface area contributed by atoms with E-state index in [-0.39, 0.29) is 28.7 Å². The molecular formula is C12H20N2O. The van der Waals surface area contributed by atoms with Gasteiger partial charge in [-0.1, -0.05) is 27.7 Å². The quantitative estimate of drug-likeness (QED) is 0.772. The van der Waals surface area contributed by atoms with Crippen LogP contribution in [0.25, 0.3) is 0 Å². The molecule has 0 spiro atoms. The summed E-state index contributed by atoms with van der Waals surface area (Å²) in [6.45, 7) is 10.3. The fourth-order valence-electron chi connectivity index (χ4n) is 2.37. The van der Waals surface area contributed by atoms with Crippen molar-refractivity contribution in [2.24, 2.45) is 16.7 Å². The van der Waals surface area contributed by atoms with E-state index in [9.17, 15) is 4.79 Å². The van der Waals surface area contributed by atoms with Gasteiger partial charge in [0.2, 0.25) is 5.91 Å². The molecule has 0 bridgehead atoms. The number of hydrogen-bond acceptors (Lipinski definition) is 2. The molecule has 1 N–H and O–H groups in total. The van der Waals surface area contributed by atoms with Crippen LogP contribution < -0.4 is 5.32 Å². The molecule has 84 valence electrons. The predicted molar refractivity (Wildman–Crippen MR) is 58.9 cm³/mol. The zero-order valence-electron chi connectivity index (χ0n) is 10.2. The third kappa shape index (κ3) is 1.86. The highest BCUT2D eigenvalue weighted by Gasteiger charge is 2.68. The number of nitrogens with one attached hydrogen (secondary N) is 1. The van der Waals surface area contributed by atoms with Crippen molar-refractivity contribution in [2.45, 2.75) is 47.1 Å². The maximum Gasteiger partial charge on any atom is 0.224 e. The van der Waals surface area contributed by atoms with E-state index in [4.69, 9.17) is 5.26 Å². The SMILES string of the molecule is CC(CC#N)NC(=O)C1C(C)(C)C1(C)C. The van der Waals surface area contributed by atoms with Gasteiger partial charge in [-0.25, -0.2) is 0 Å². The van der Waals surface area contributed by atoms with Gasteiger partial charge in [-0.2, -0.15) is 5.26 Å². The lowest BCUT2D eigenvalue weighted by molar-refractivity contribution is -0.124. The molecule has 1 fully saturated rings. The minimum absolute atomic E-state index is 0.0466. The molecule has 1 atom stereocenters. The van der Waals surface area contributed by atoms with Gasteiger partial charge >= 0.3 is 0 Å².